The monoisotopic (exact) mass is 302 g/mol. The summed E-state index contributed by atoms with van der Waals surface area (Å²) in [7, 11) is 2.01. The first kappa shape index (κ1) is 13.8. The normalized spacial score (nSPS) is 11.3. The summed E-state index contributed by atoms with van der Waals surface area (Å²) in [5, 5.41) is 0. The zero-order valence-corrected chi connectivity index (χ0v) is 13.5. The van der Waals surface area contributed by atoms with Gasteiger partial charge in [-0.2, -0.15) is 0 Å². The van der Waals surface area contributed by atoms with E-state index in [1.165, 1.54) is 16.8 Å². The highest BCUT2D eigenvalue weighted by molar-refractivity contribution is 5.81. The van der Waals surface area contributed by atoms with Gasteiger partial charge in [0.05, 0.1) is 23.0 Å². The van der Waals surface area contributed by atoms with Gasteiger partial charge in [0.2, 0.25) is 0 Å². The Labute approximate surface area is 135 Å². The fourth-order valence-electron chi connectivity index (χ4n) is 3.15. The number of hydrogen-bond acceptors (Lipinski definition) is 2. The van der Waals surface area contributed by atoms with E-state index < -0.39 is 0 Å². The molecule has 0 saturated heterocycles. The number of aryl methyl sites for hydroxylation is 3. The molecule has 4 aromatic rings. The van der Waals surface area contributed by atoms with E-state index in [-0.39, 0.29) is 0 Å². The van der Waals surface area contributed by atoms with Crippen molar-refractivity contribution in [3.05, 3.63) is 66.2 Å². The number of hydrogen-bond donors (Lipinski definition) is 0. The van der Waals surface area contributed by atoms with Gasteiger partial charge in [0, 0.05) is 25.0 Å². The maximum absolute atomic E-state index is 4.60. The van der Waals surface area contributed by atoms with E-state index in [1.807, 2.05) is 36.4 Å². The number of nitrogens with zero attached hydrogens (tertiary/aromatic N) is 4. The highest BCUT2D eigenvalue weighted by atomic mass is 15.1. The van der Waals surface area contributed by atoms with Crippen LogP contribution in [0.3, 0.4) is 0 Å². The third-order valence-electron chi connectivity index (χ3n) is 4.30. The predicted octanol–water partition coefficient (Wildman–Crippen LogP) is 4.04. The van der Waals surface area contributed by atoms with E-state index >= 15 is 0 Å². The first-order chi connectivity index (χ1) is 11.1. The van der Waals surface area contributed by atoms with E-state index in [4.69, 9.17) is 0 Å². The van der Waals surface area contributed by atoms with Crippen LogP contribution < -0.4 is 0 Å². The summed E-state index contributed by atoms with van der Waals surface area (Å²) >= 11 is 0. The topological polar surface area (TPSA) is 35.6 Å². The summed E-state index contributed by atoms with van der Waals surface area (Å²) in [5.41, 5.74) is 6.88. The van der Waals surface area contributed by atoms with Crippen molar-refractivity contribution in [1.82, 2.24) is 19.1 Å². The average Bonchev–Trinajstić information content (AvgIpc) is 3.15. The Hall–Kier alpha value is -2.88. The Morgan fingerprint density at radius 3 is 2.52 bits per heavy atom. The summed E-state index contributed by atoms with van der Waals surface area (Å²) in [4.78, 5) is 8.98. The zero-order chi connectivity index (χ0) is 16.0. The molecule has 0 bridgehead atoms. The second kappa shape index (κ2) is 5.09. The van der Waals surface area contributed by atoms with Crippen molar-refractivity contribution >= 4 is 11.0 Å². The minimum Gasteiger partial charge on any atom is -0.334 e. The second-order valence-corrected chi connectivity index (χ2v) is 5.92. The molecule has 0 aliphatic rings. The Balaban J connectivity index is 1.93. The van der Waals surface area contributed by atoms with Crippen LogP contribution in [0.5, 0.6) is 0 Å². The molecule has 4 nitrogen and oxygen atoms in total. The largest absolute Gasteiger partial charge is 0.334 e. The third-order valence-corrected chi connectivity index (χ3v) is 4.30. The summed E-state index contributed by atoms with van der Waals surface area (Å²) < 4.78 is 4.20. The molecule has 4 heteroatoms. The second-order valence-electron chi connectivity index (χ2n) is 5.92. The molecule has 23 heavy (non-hydrogen) atoms. The predicted molar refractivity (Wildman–Crippen MR) is 92.7 cm³/mol. The molecule has 2 aromatic heterocycles. The standard InChI is InChI=1S/C19H18N4/c1-13-5-4-6-14(2)18(13)23-10-9-20-19(23)15-7-8-16-17(11-15)22(3)12-21-16/h4-12H,1-3H3. The van der Waals surface area contributed by atoms with Crippen LogP contribution in [-0.2, 0) is 7.05 Å². The molecule has 0 saturated carbocycles. The molecular weight excluding hydrogens is 284 g/mol. The van der Waals surface area contributed by atoms with E-state index in [0.29, 0.717) is 0 Å². The van der Waals surface area contributed by atoms with E-state index in [1.54, 1.807) is 0 Å². The van der Waals surface area contributed by atoms with Gasteiger partial charge in [0.1, 0.15) is 5.82 Å². The molecule has 0 atom stereocenters. The highest BCUT2D eigenvalue weighted by Crippen LogP contribution is 2.27. The number of para-hydroxylation sites is 1. The Morgan fingerprint density at radius 1 is 0.957 bits per heavy atom. The van der Waals surface area contributed by atoms with Gasteiger partial charge in [0.25, 0.3) is 0 Å². The van der Waals surface area contributed by atoms with Gasteiger partial charge in [-0.05, 0) is 43.2 Å². The number of aromatic nitrogens is 4. The maximum atomic E-state index is 4.60. The highest BCUT2D eigenvalue weighted by Gasteiger charge is 2.12. The molecule has 0 aliphatic heterocycles. The van der Waals surface area contributed by atoms with E-state index in [2.05, 4.69) is 58.7 Å². The van der Waals surface area contributed by atoms with E-state index in [9.17, 15) is 0 Å². The van der Waals surface area contributed by atoms with Crippen LogP contribution in [0.15, 0.2) is 55.1 Å². The summed E-state index contributed by atoms with van der Waals surface area (Å²) in [6.45, 7) is 4.27. The molecule has 0 aliphatic carbocycles. The Morgan fingerprint density at radius 2 is 1.74 bits per heavy atom. The van der Waals surface area contributed by atoms with Crippen molar-refractivity contribution in [1.29, 1.82) is 0 Å². The lowest BCUT2D eigenvalue weighted by atomic mass is 10.1. The minimum absolute atomic E-state index is 0.950. The number of imidazole rings is 2. The lowest BCUT2D eigenvalue weighted by Crippen LogP contribution is -2.01. The van der Waals surface area contributed by atoms with Gasteiger partial charge in [-0.3, -0.25) is 4.57 Å². The number of fused-ring (bicyclic) bond motifs is 1. The van der Waals surface area contributed by atoms with Crippen molar-refractivity contribution in [3.63, 3.8) is 0 Å². The van der Waals surface area contributed by atoms with Crippen LogP contribution in [0.1, 0.15) is 11.1 Å². The molecule has 0 amide bonds. The summed E-state index contributed by atoms with van der Waals surface area (Å²) in [5.74, 6) is 0.950. The van der Waals surface area contributed by atoms with Crippen molar-refractivity contribution in [3.8, 4) is 17.1 Å². The van der Waals surface area contributed by atoms with Gasteiger partial charge in [0.15, 0.2) is 0 Å². The minimum atomic E-state index is 0.950. The zero-order valence-electron chi connectivity index (χ0n) is 13.5. The molecule has 2 aromatic carbocycles. The van der Waals surface area contributed by atoms with Crippen LogP contribution in [0.2, 0.25) is 0 Å². The van der Waals surface area contributed by atoms with Crippen LogP contribution in [0.4, 0.5) is 0 Å². The molecule has 4 rings (SSSR count). The van der Waals surface area contributed by atoms with Gasteiger partial charge < -0.3 is 4.57 Å². The van der Waals surface area contributed by atoms with Crippen LogP contribution >= 0.6 is 0 Å². The van der Waals surface area contributed by atoms with Crippen LogP contribution in [0.25, 0.3) is 28.1 Å². The van der Waals surface area contributed by atoms with E-state index in [0.717, 1.165) is 22.4 Å². The summed E-state index contributed by atoms with van der Waals surface area (Å²) in [6, 6.07) is 12.6. The van der Waals surface area contributed by atoms with Crippen molar-refractivity contribution in [2.45, 2.75) is 13.8 Å². The van der Waals surface area contributed by atoms with Gasteiger partial charge in [-0.1, -0.05) is 18.2 Å². The molecule has 0 radical (unpaired) electrons. The first-order valence-electron chi connectivity index (χ1n) is 7.66. The molecule has 0 spiro atoms. The maximum Gasteiger partial charge on any atom is 0.144 e. The van der Waals surface area contributed by atoms with Gasteiger partial charge >= 0.3 is 0 Å². The smallest absolute Gasteiger partial charge is 0.144 e. The lowest BCUT2D eigenvalue weighted by Gasteiger charge is -2.14. The first-order valence-corrected chi connectivity index (χ1v) is 7.66. The van der Waals surface area contributed by atoms with Crippen LogP contribution in [-0.4, -0.2) is 19.1 Å². The van der Waals surface area contributed by atoms with Crippen molar-refractivity contribution in [2.75, 3.05) is 0 Å². The Kier molecular flexibility index (Phi) is 3.05. The molecule has 2 heterocycles. The third kappa shape index (κ3) is 2.14. The lowest BCUT2D eigenvalue weighted by molar-refractivity contribution is 0.947. The van der Waals surface area contributed by atoms with Crippen LogP contribution in [0, 0.1) is 13.8 Å². The summed E-state index contributed by atoms with van der Waals surface area (Å²) in [6.07, 6.45) is 5.72. The number of benzene rings is 2. The van der Waals surface area contributed by atoms with Gasteiger partial charge in [-0.15, -0.1) is 0 Å². The Bertz CT molecular complexity index is 987. The quantitative estimate of drug-likeness (QED) is 0.560. The fourth-order valence-corrected chi connectivity index (χ4v) is 3.15. The van der Waals surface area contributed by atoms with Crippen molar-refractivity contribution < 1.29 is 0 Å². The molecular formula is C19H18N4. The SMILES string of the molecule is Cc1cccc(C)c1-n1ccnc1-c1ccc2ncn(C)c2c1. The van der Waals surface area contributed by atoms with Crippen molar-refractivity contribution in [2.24, 2.45) is 7.05 Å². The molecule has 0 unspecified atom stereocenters. The molecule has 0 N–H and O–H groups in total. The van der Waals surface area contributed by atoms with Gasteiger partial charge in [-0.25, -0.2) is 9.97 Å². The molecule has 114 valence electrons. The molecule has 0 fully saturated rings. The number of rotatable bonds is 2. The fraction of sp³-hybridized carbons (Fsp3) is 0.158. The average molecular weight is 302 g/mol.